The van der Waals surface area contributed by atoms with Crippen LogP contribution in [-0.4, -0.2) is 15.7 Å². The first-order chi connectivity index (χ1) is 9.99. The summed E-state index contributed by atoms with van der Waals surface area (Å²) in [6, 6.07) is 2.06. The molecule has 0 bridgehead atoms. The van der Waals surface area contributed by atoms with Gasteiger partial charge in [0.15, 0.2) is 0 Å². The number of halogens is 3. The fourth-order valence-corrected chi connectivity index (χ4v) is 3.72. The lowest BCUT2D eigenvalue weighted by Crippen LogP contribution is -2.00. The Morgan fingerprint density at radius 2 is 2.05 bits per heavy atom. The van der Waals surface area contributed by atoms with Crippen LogP contribution in [0.15, 0.2) is 23.4 Å². The van der Waals surface area contributed by atoms with Gasteiger partial charge in [0.25, 0.3) is 0 Å². The minimum absolute atomic E-state index is 0.334. The van der Waals surface area contributed by atoms with Gasteiger partial charge < -0.3 is 0 Å². The third-order valence-electron chi connectivity index (χ3n) is 3.21. The molecule has 21 heavy (non-hydrogen) atoms. The van der Waals surface area contributed by atoms with Crippen molar-refractivity contribution in [3.8, 4) is 10.7 Å². The van der Waals surface area contributed by atoms with E-state index in [2.05, 4.69) is 16.0 Å². The Bertz CT molecular complexity index is 648. The van der Waals surface area contributed by atoms with Crippen LogP contribution in [0.25, 0.3) is 10.7 Å². The largest absolute Gasteiger partial charge is 0.427 e. The van der Waals surface area contributed by atoms with Gasteiger partial charge in [-0.05, 0) is 36.1 Å². The third kappa shape index (κ3) is 3.23. The molecule has 0 amide bonds. The number of nitrogens with zero attached hydrogens (tertiary/aromatic N) is 2. The molecule has 2 nitrogen and oxygen atoms in total. The lowest BCUT2D eigenvalue weighted by Gasteiger charge is -2.07. The van der Waals surface area contributed by atoms with Crippen LogP contribution < -0.4 is 0 Å². The van der Waals surface area contributed by atoms with Crippen molar-refractivity contribution in [3.63, 3.8) is 0 Å². The van der Waals surface area contributed by atoms with Crippen molar-refractivity contribution in [3.05, 3.63) is 28.9 Å². The molecular formula is C14H13F3N2S2. The lowest BCUT2D eigenvalue weighted by molar-refractivity contribution is -0.134. The molecule has 7 heteroatoms. The zero-order valence-corrected chi connectivity index (χ0v) is 12.9. The molecule has 0 spiro atoms. The van der Waals surface area contributed by atoms with Crippen LogP contribution in [0, 0.1) is 0 Å². The second kappa shape index (κ2) is 5.61. The molecule has 0 atom stereocenters. The number of thiazole rings is 1. The minimum Gasteiger partial charge on any atom is -0.252 e. The molecule has 0 saturated heterocycles. The maximum absolute atomic E-state index is 12.7. The van der Waals surface area contributed by atoms with E-state index >= 15 is 0 Å². The number of thioether (sulfide) groups is 1. The molecular weight excluding hydrogens is 317 g/mol. The quantitative estimate of drug-likeness (QED) is 0.719. The van der Waals surface area contributed by atoms with Gasteiger partial charge in [0.05, 0.1) is 6.20 Å². The van der Waals surface area contributed by atoms with Crippen molar-refractivity contribution >= 4 is 23.1 Å². The van der Waals surface area contributed by atoms with E-state index in [4.69, 9.17) is 0 Å². The van der Waals surface area contributed by atoms with Crippen LogP contribution in [0.2, 0.25) is 0 Å². The number of rotatable bonds is 4. The fourth-order valence-electron chi connectivity index (χ4n) is 2.04. The van der Waals surface area contributed by atoms with Crippen molar-refractivity contribution < 1.29 is 13.2 Å². The molecule has 0 aliphatic heterocycles. The Morgan fingerprint density at radius 1 is 1.29 bits per heavy atom. The van der Waals surface area contributed by atoms with E-state index in [1.807, 2.05) is 6.92 Å². The monoisotopic (exact) mass is 330 g/mol. The molecule has 112 valence electrons. The van der Waals surface area contributed by atoms with Crippen LogP contribution in [0.1, 0.15) is 36.1 Å². The van der Waals surface area contributed by atoms with Crippen LogP contribution in [0.4, 0.5) is 13.2 Å². The average Bonchev–Trinajstić information content (AvgIpc) is 3.15. The number of hydrogen-bond donors (Lipinski definition) is 0. The summed E-state index contributed by atoms with van der Waals surface area (Å²) in [5, 5.41) is 0.334. The van der Waals surface area contributed by atoms with E-state index in [0.29, 0.717) is 28.0 Å². The van der Waals surface area contributed by atoms with Crippen molar-refractivity contribution in [2.75, 3.05) is 5.75 Å². The van der Waals surface area contributed by atoms with Gasteiger partial charge in [-0.2, -0.15) is 13.2 Å². The van der Waals surface area contributed by atoms with Gasteiger partial charge >= 0.3 is 6.18 Å². The first-order valence-corrected chi connectivity index (χ1v) is 8.45. The second-order valence-electron chi connectivity index (χ2n) is 4.85. The summed E-state index contributed by atoms with van der Waals surface area (Å²) < 4.78 is 38.1. The van der Waals surface area contributed by atoms with E-state index in [-0.39, 0.29) is 0 Å². The average molecular weight is 330 g/mol. The van der Waals surface area contributed by atoms with E-state index in [9.17, 15) is 13.2 Å². The highest BCUT2D eigenvalue weighted by Crippen LogP contribution is 2.43. The SMILES string of the molecule is CCSc1cc(C2CC2)cnc1-c1ncc(C(F)(F)F)s1. The van der Waals surface area contributed by atoms with E-state index in [0.717, 1.165) is 16.8 Å². The van der Waals surface area contributed by atoms with Crippen LogP contribution in [0.3, 0.4) is 0 Å². The Balaban J connectivity index is 1.98. The third-order valence-corrected chi connectivity index (χ3v) is 5.17. The zero-order valence-electron chi connectivity index (χ0n) is 11.3. The molecule has 0 aromatic carbocycles. The van der Waals surface area contributed by atoms with Gasteiger partial charge in [-0.3, -0.25) is 4.98 Å². The summed E-state index contributed by atoms with van der Waals surface area (Å²) in [6.45, 7) is 2.02. The van der Waals surface area contributed by atoms with Gasteiger partial charge in [-0.15, -0.1) is 23.1 Å². The molecule has 1 fully saturated rings. The zero-order chi connectivity index (χ0) is 15.0. The van der Waals surface area contributed by atoms with Crippen LogP contribution in [0.5, 0.6) is 0 Å². The Kier molecular flexibility index (Phi) is 3.96. The van der Waals surface area contributed by atoms with Crippen molar-refractivity contribution in [1.82, 2.24) is 9.97 Å². The summed E-state index contributed by atoms with van der Waals surface area (Å²) in [7, 11) is 0. The molecule has 1 aliphatic rings. The number of pyridine rings is 1. The molecule has 2 aromatic heterocycles. The van der Waals surface area contributed by atoms with E-state index in [1.54, 1.807) is 18.0 Å². The highest BCUT2D eigenvalue weighted by atomic mass is 32.2. The maximum atomic E-state index is 12.7. The first kappa shape index (κ1) is 14.8. The Morgan fingerprint density at radius 3 is 2.62 bits per heavy atom. The second-order valence-corrected chi connectivity index (χ2v) is 7.19. The van der Waals surface area contributed by atoms with Gasteiger partial charge in [-0.25, -0.2) is 4.98 Å². The highest BCUT2D eigenvalue weighted by molar-refractivity contribution is 7.99. The molecule has 2 heterocycles. The normalized spacial score (nSPS) is 15.4. The summed E-state index contributed by atoms with van der Waals surface area (Å²) in [5.74, 6) is 1.42. The number of hydrogen-bond acceptors (Lipinski definition) is 4. The minimum atomic E-state index is -4.35. The topological polar surface area (TPSA) is 25.8 Å². The van der Waals surface area contributed by atoms with Crippen LogP contribution >= 0.6 is 23.1 Å². The van der Waals surface area contributed by atoms with Gasteiger partial charge in [0.2, 0.25) is 0 Å². The standard InChI is InChI=1S/C14H13F3N2S2/c1-2-20-10-5-9(8-3-4-8)6-18-12(10)13-19-7-11(21-13)14(15,16)17/h5-8H,2-4H2,1H3. The molecule has 2 aromatic rings. The molecule has 1 saturated carbocycles. The van der Waals surface area contributed by atoms with Gasteiger partial charge in [0.1, 0.15) is 15.6 Å². The summed E-state index contributed by atoms with van der Waals surface area (Å²) in [4.78, 5) is 8.53. The smallest absolute Gasteiger partial charge is 0.252 e. The molecule has 0 radical (unpaired) electrons. The Hall–Kier alpha value is -1.08. The number of alkyl halides is 3. The van der Waals surface area contributed by atoms with Crippen molar-refractivity contribution in [2.24, 2.45) is 0 Å². The maximum Gasteiger partial charge on any atom is 0.427 e. The molecule has 0 N–H and O–H groups in total. The first-order valence-electron chi connectivity index (χ1n) is 6.65. The lowest BCUT2D eigenvalue weighted by atomic mass is 10.2. The van der Waals surface area contributed by atoms with Crippen molar-refractivity contribution in [1.29, 1.82) is 0 Å². The predicted octanol–water partition coefficient (Wildman–Crippen LogP) is 5.21. The highest BCUT2D eigenvalue weighted by Gasteiger charge is 2.34. The summed E-state index contributed by atoms with van der Waals surface area (Å²) in [5.41, 5.74) is 1.74. The number of aromatic nitrogens is 2. The van der Waals surface area contributed by atoms with E-state index in [1.165, 1.54) is 18.4 Å². The van der Waals surface area contributed by atoms with Gasteiger partial charge in [0, 0.05) is 11.1 Å². The van der Waals surface area contributed by atoms with Gasteiger partial charge in [-0.1, -0.05) is 6.92 Å². The summed E-state index contributed by atoms with van der Waals surface area (Å²) in [6.07, 6.45) is 0.666. The predicted molar refractivity (Wildman–Crippen MR) is 78.7 cm³/mol. The Labute approximate surface area is 128 Å². The van der Waals surface area contributed by atoms with E-state index < -0.39 is 11.1 Å². The van der Waals surface area contributed by atoms with Crippen LogP contribution in [-0.2, 0) is 6.18 Å². The molecule has 0 unspecified atom stereocenters. The fraction of sp³-hybridized carbons (Fsp3) is 0.429. The molecule has 1 aliphatic carbocycles. The molecule has 3 rings (SSSR count). The van der Waals surface area contributed by atoms with Crippen molar-refractivity contribution in [2.45, 2.75) is 36.8 Å². The summed E-state index contributed by atoms with van der Waals surface area (Å²) >= 11 is 2.25.